The Kier molecular flexibility index (Phi) is 4.76. The number of hydrogen-bond acceptors (Lipinski definition) is 7. The highest BCUT2D eigenvalue weighted by Gasteiger charge is 2.27. The van der Waals surface area contributed by atoms with Gasteiger partial charge >= 0.3 is 0 Å². The number of benzene rings is 1. The zero-order chi connectivity index (χ0) is 24.1. The molecule has 0 aliphatic carbocycles. The van der Waals surface area contributed by atoms with Gasteiger partial charge in [0, 0.05) is 17.3 Å². The van der Waals surface area contributed by atoms with Crippen molar-refractivity contribution in [3.63, 3.8) is 0 Å². The van der Waals surface area contributed by atoms with Crippen LogP contribution in [0.15, 0.2) is 59.8 Å². The van der Waals surface area contributed by atoms with Crippen LogP contribution in [0.3, 0.4) is 0 Å². The van der Waals surface area contributed by atoms with E-state index in [-0.39, 0.29) is 23.0 Å². The molecule has 0 spiro atoms. The Morgan fingerprint density at radius 3 is 2.83 bits per heavy atom. The third kappa shape index (κ3) is 3.57. The van der Waals surface area contributed by atoms with Gasteiger partial charge in [-0.05, 0) is 66.1 Å². The number of nitrogens with zero attached hydrogens (tertiary/aromatic N) is 7. The van der Waals surface area contributed by atoms with Gasteiger partial charge in [-0.1, -0.05) is 11.6 Å². The molecule has 0 amide bonds. The standard InChI is InChI=1S/C24H20FN9O/c1-13-2-5-19(33-12-28-31-32-33)17(8-13)14-9-15-3-6-20(34(15)22(35)10-14)18-11-27-24(29-18)16-4-7-21(26)30-23(16)25/h2,4-5,7-12,20H,3,6H2,1H3,(H2,26,30)(H,27,29)/t20-/m0/s1. The number of aromatic nitrogens is 8. The third-order valence-electron chi connectivity index (χ3n) is 6.27. The van der Waals surface area contributed by atoms with Gasteiger partial charge in [-0.15, -0.1) is 5.10 Å². The van der Waals surface area contributed by atoms with Gasteiger partial charge in [-0.2, -0.15) is 9.07 Å². The number of halogens is 1. The summed E-state index contributed by atoms with van der Waals surface area (Å²) >= 11 is 0. The van der Waals surface area contributed by atoms with E-state index in [1.165, 1.54) is 18.5 Å². The summed E-state index contributed by atoms with van der Waals surface area (Å²) < 4.78 is 17.6. The number of H-pyrrole nitrogens is 1. The maximum Gasteiger partial charge on any atom is 0.251 e. The predicted octanol–water partition coefficient (Wildman–Crippen LogP) is 2.84. The number of hydrogen-bond donors (Lipinski definition) is 2. The van der Waals surface area contributed by atoms with Crippen molar-refractivity contribution in [1.82, 2.24) is 39.7 Å². The van der Waals surface area contributed by atoms with Crippen LogP contribution in [0.1, 0.15) is 29.4 Å². The Morgan fingerprint density at radius 2 is 2.03 bits per heavy atom. The molecule has 6 rings (SSSR count). The van der Waals surface area contributed by atoms with Crippen LogP contribution in [0.25, 0.3) is 28.2 Å². The van der Waals surface area contributed by atoms with Gasteiger partial charge in [-0.3, -0.25) is 4.79 Å². The molecule has 0 unspecified atom stereocenters. The van der Waals surface area contributed by atoms with E-state index in [4.69, 9.17) is 5.73 Å². The molecule has 0 fully saturated rings. The molecule has 3 N–H and O–H groups in total. The molecule has 1 aliphatic rings. The molecule has 1 atom stereocenters. The lowest BCUT2D eigenvalue weighted by molar-refractivity contribution is 0.584. The lowest BCUT2D eigenvalue weighted by Gasteiger charge is -2.15. The van der Waals surface area contributed by atoms with Crippen molar-refractivity contribution in [2.24, 2.45) is 0 Å². The summed E-state index contributed by atoms with van der Waals surface area (Å²) in [6.07, 6.45) is 4.60. The van der Waals surface area contributed by atoms with Gasteiger partial charge in [0.2, 0.25) is 5.95 Å². The summed E-state index contributed by atoms with van der Waals surface area (Å²) in [7, 11) is 0. The second-order valence-corrected chi connectivity index (χ2v) is 8.53. The number of nitrogens with two attached hydrogens (primary N) is 1. The number of nitrogens with one attached hydrogen (secondary N) is 1. The van der Waals surface area contributed by atoms with E-state index in [1.807, 2.05) is 31.2 Å². The number of tetrazole rings is 1. The van der Waals surface area contributed by atoms with E-state index in [9.17, 15) is 9.18 Å². The fraction of sp³-hybridized carbons (Fsp3) is 0.167. The average Bonchev–Trinajstić information content (AvgIpc) is 3.59. The average molecular weight is 469 g/mol. The van der Waals surface area contributed by atoms with Gasteiger partial charge in [0.25, 0.3) is 5.56 Å². The topological polar surface area (TPSA) is 133 Å². The van der Waals surface area contributed by atoms with Crippen LogP contribution in [0.5, 0.6) is 0 Å². The van der Waals surface area contributed by atoms with Crippen molar-refractivity contribution in [1.29, 1.82) is 0 Å². The van der Waals surface area contributed by atoms with Gasteiger partial charge in [0.05, 0.1) is 29.2 Å². The molecule has 1 aromatic carbocycles. The highest BCUT2D eigenvalue weighted by atomic mass is 19.1. The molecule has 0 bridgehead atoms. The maximum atomic E-state index is 14.3. The van der Waals surface area contributed by atoms with E-state index in [1.54, 1.807) is 21.5 Å². The number of pyridine rings is 2. The highest BCUT2D eigenvalue weighted by molar-refractivity contribution is 5.73. The van der Waals surface area contributed by atoms with Gasteiger partial charge in [0.15, 0.2) is 0 Å². The quantitative estimate of drug-likeness (QED) is 0.387. The summed E-state index contributed by atoms with van der Waals surface area (Å²) in [6.45, 7) is 2.00. The monoisotopic (exact) mass is 469 g/mol. The molecule has 174 valence electrons. The number of fused-ring (bicyclic) bond motifs is 1. The normalized spacial score (nSPS) is 14.9. The number of aryl methyl sites for hydroxylation is 2. The predicted molar refractivity (Wildman–Crippen MR) is 126 cm³/mol. The first kappa shape index (κ1) is 20.9. The molecule has 0 saturated heterocycles. The van der Waals surface area contributed by atoms with E-state index >= 15 is 0 Å². The first-order valence-electron chi connectivity index (χ1n) is 11.0. The first-order chi connectivity index (χ1) is 17.0. The number of aromatic amines is 1. The lowest BCUT2D eigenvalue weighted by atomic mass is 10.0. The Labute approximate surface area is 198 Å². The molecule has 0 radical (unpaired) electrons. The molecule has 1 aliphatic heterocycles. The SMILES string of the molecule is Cc1ccc(-n2cnnn2)c(-c2cc3n(c(=O)c2)[C@H](c2cnc(-c4ccc(N)nc4F)[nH]2)CC3)c1. The first-order valence-corrected chi connectivity index (χ1v) is 11.0. The van der Waals surface area contributed by atoms with Crippen LogP contribution < -0.4 is 11.3 Å². The molecular weight excluding hydrogens is 449 g/mol. The van der Waals surface area contributed by atoms with Crippen LogP contribution in [0.2, 0.25) is 0 Å². The van der Waals surface area contributed by atoms with Crippen molar-refractivity contribution in [2.45, 2.75) is 25.8 Å². The fourth-order valence-electron chi connectivity index (χ4n) is 4.66. The Balaban J connectivity index is 1.39. The molecule has 4 aromatic heterocycles. The van der Waals surface area contributed by atoms with Crippen molar-refractivity contribution >= 4 is 5.82 Å². The molecule has 5 aromatic rings. The molecule has 5 heterocycles. The second kappa shape index (κ2) is 7.97. The molecule has 11 heteroatoms. The number of anilines is 1. The third-order valence-corrected chi connectivity index (χ3v) is 6.27. The van der Waals surface area contributed by atoms with E-state index < -0.39 is 5.95 Å². The van der Waals surface area contributed by atoms with Crippen LogP contribution in [-0.2, 0) is 6.42 Å². The van der Waals surface area contributed by atoms with E-state index in [0.29, 0.717) is 12.2 Å². The molecule has 35 heavy (non-hydrogen) atoms. The van der Waals surface area contributed by atoms with Crippen molar-refractivity contribution in [2.75, 3.05) is 5.73 Å². The van der Waals surface area contributed by atoms with Crippen LogP contribution in [0.4, 0.5) is 10.2 Å². The Morgan fingerprint density at radius 1 is 1.14 bits per heavy atom. The van der Waals surface area contributed by atoms with Crippen molar-refractivity contribution in [3.8, 4) is 28.2 Å². The highest BCUT2D eigenvalue weighted by Crippen LogP contribution is 2.34. The number of imidazole rings is 1. The van der Waals surface area contributed by atoms with Crippen LogP contribution in [0, 0.1) is 12.9 Å². The largest absolute Gasteiger partial charge is 0.384 e. The molecule has 0 saturated carbocycles. The van der Waals surface area contributed by atoms with Gasteiger partial charge < -0.3 is 15.3 Å². The number of nitrogen functional groups attached to an aromatic ring is 1. The smallest absolute Gasteiger partial charge is 0.251 e. The minimum Gasteiger partial charge on any atom is -0.384 e. The minimum atomic E-state index is -0.698. The fourth-order valence-corrected chi connectivity index (χ4v) is 4.66. The summed E-state index contributed by atoms with van der Waals surface area (Å²) in [5.74, 6) is -0.257. The summed E-state index contributed by atoms with van der Waals surface area (Å²) in [4.78, 5) is 24.5. The van der Waals surface area contributed by atoms with E-state index in [0.717, 1.165) is 40.2 Å². The zero-order valence-corrected chi connectivity index (χ0v) is 18.7. The Bertz CT molecular complexity index is 1620. The second-order valence-electron chi connectivity index (χ2n) is 8.53. The van der Waals surface area contributed by atoms with Gasteiger partial charge in [-0.25, -0.2) is 9.97 Å². The minimum absolute atomic E-state index is 0.0990. The van der Waals surface area contributed by atoms with Gasteiger partial charge in [0.1, 0.15) is 18.0 Å². The Hall–Kier alpha value is -4.67. The zero-order valence-electron chi connectivity index (χ0n) is 18.7. The molecule has 10 nitrogen and oxygen atoms in total. The maximum absolute atomic E-state index is 14.3. The van der Waals surface area contributed by atoms with Crippen LogP contribution >= 0.6 is 0 Å². The van der Waals surface area contributed by atoms with E-state index in [2.05, 4.69) is 30.5 Å². The summed E-state index contributed by atoms with van der Waals surface area (Å²) in [5.41, 5.74) is 10.8. The van der Waals surface area contributed by atoms with Crippen LogP contribution in [-0.4, -0.2) is 39.7 Å². The summed E-state index contributed by atoms with van der Waals surface area (Å²) in [6, 6.07) is 12.4. The number of rotatable bonds is 4. The van der Waals surface area contributed by atoms with Crippen molar-refractivity contribution < 1.29 is 4.39 Å². The lowest BCUT2D eigenvalue weighted by Crippen LogP contribution is -2.23. The summed E-state index contributed by atoms with van der Waals surface area (Å²) in [5, 5.41) is 11.5. The molecular formula is C24H20FN9O. The van der Waals surface area contributed by atoms with Crippen molar-refractivity contribution in [3.05, 3.63) is 88.2 Å².